The van der Waals surface area contributed by atoms with Crippen LogP contribution in [0.4, 0.5) is 0 Å². The highest BCUT2D eigenvalue weighted by atomic mass is 16.5. The number of aryl methyl sites for hydroxylation is 1. The normalized spacial score (nSPS) is 12.1. The van der Waals surface area contributed by atoms with E-state index in [1.807, 2.05) is 36.4 Å². The first-order valence-electron chi connectivity index (χ1n) is 7.97. The van der Waals surface area contributed by atoms with E-state index in [-0.39, 0.29) is 5.78 Å². The number of Topliss-reactive ketones (excluding diaryl/α,β-unsaturated/α-hetero) is 1. The Labute approximate surface area is 140 Å². The molecule has 122 valence electrons. The van der Waals surface area contributed by atoms with E-state index >= 15 is 0 Å². The zero-order valence-electron chi connectivity index (χ0n) is 13.7. The van der Waals surface area contributed by atoms with E-state index in [9.17, 15) is 9.59 Å². The van der Waals surface area contributed by atoms with Gasteiger partial charge in [0.05, 0.1) is 0 Å². The number of carbonyl (C=O) groups is 2. The summed E-state index contributed by atoms with van der Waals surface area (Å²) >= 11 is 0. The van der Waals surface area contributed by atoms with Gasteiger partial charge in [0.25, 0.3) is 0 Å². The molecule has 4 heteroatoms. The second kappa shape index (κ2) is 6.71. The Morgan fingerprint density at radius 3 is 2.50 bits per heavy atom. The molecule has 1 N–H and O–H groups in total. The first kappa shape index (κ1) is 16.0. The Bertz CT molecular complexity index is 880. The van der Waals surface area contributed by atoms with Gasteiger partial charge in [0.1, 0.15) is 0 Å². The lowest BCUT2D eigenvalue weighted by Crippen LogP contribution is -2.18. The van der Waals surface area contributed by atoms with Gasteiger partial charge in [-0.1, -0.05) is 55.5 Å². The van der Waals surface area contributed by atoms with Gasteiger partial charge >= 0.3 is 5.97 Å². The van der Waals surface area contributed by atoms with Gasteiger partial charge in [0, 0.05) is 35.2 Å². The molecule has 0 saturated carbocycles. The highest BCUT2D eigenvalue weighted by Gasteiger charge is 2.27. The zero-order valence-corrected chi connectivity index (χ0v) is 13.7. The van der Waals surface area contributed by atoms with E-state index in [2.05, 4.69) is 11.9 Å². The minimum absolute atomic E-state index is 0.226. The van der Waals surface area contributed by atoms with Gasteiger partial charge < -0.3 is 9.72 Å². The third-order valence-electron chi connectivity index (χ3n) is 4.07. The van der Waals surface area contributed by atoms with Crippen LogP contribution in [0, 0.1) is 0 Å². The van der Waals surface area contributed by atoms with E-state index < -0.39 is 12.1 Å². The molecule has 0 fully saturated rings. The van der Waals surface area contributed by atoms with E-state index in [1.165, 1.54) is 6.92 Å². The van der Waals surface area contributed by atoms with E-state index in [4.69, 9.17) is 4.74 Å². The van der Waals surface area contributed by atoms with Gasteiger partial charge in [-0.25, -0.2) is 0 Å². The van der Waals surface area contributed by atoms with Crippen LogP contribution in [0.15, 0.2) is 54.7 Å². The Hall–Kier alpha value is -2.88. The molecule has 3 rings (SSSR count). The summed E-state index contributed by atoms with van der Waals surface area (Å²) < 4.78 is 5.33. The number of hydrogen-bond acceptors (Lipinski definition) is 3. The van der Waals surface area contributed by atoms with Crippen molar-refractivity contribution in [3.63, 3.8) is 0 Å². The van der Waals surface area contributed by atoms with Crippen molar-refractivity contribution in [2.75, 3.05) is 0 Å². The molecule has 0 aliphatic rings. The molecule has 1 atom stereocenters. The van der Waals surface area contributed by atoms with Crippen molar-refractivity contribution < 1.29 is 14.3 Å². The van der Waals surface area contributed by atoms with E-state index in [0.29, 0.717) is 11.1 Å². The molecule has 0 saturated heterocycles. The van der Waals surface area contributed by atoms with Crippen LogP contribution in [0.25, 0.3) is 10.9 Å². The molecule has 0 amide bonds. The van der Waals surface area contributed by atoms with E-state index in [1.54, 1.807) is 18.3 Å². The van der Waals surface area contributed by atoms with Crippen LogP contribution >= 0.6 is 0 Å². The number of ether oxygens (including phenoxy) is 1. The van der Waals surface area contributed by atoms with Crippen LogP contribution in [-0.2, 0) is 16.0 Å². The van der Waals surface area contributed by atoms with Crippen LogP contribution in [-0.4, -0.2) is 16.7 Å². The van der Waals surface area contributed by atoms with Gasteiger partial charge in [0.2, 0.25) is 5.78 Å². The number of hydrogen-bond donors (Lipinski definition) is 1. The maximum Gasteiger partial charge on any atom is 0.303 e. The first-order chi connectivity index (χ1) is 11.6. The summed E-state index contributed by atoms with van der Waals surface area (Å²) in [6, 6.07) is 15.0. The number of carbonyl (C=O) groups excluding carboxylic acids is 2. The highest BCUT2D eigenvalue weighted by Crippen LogP contribution is 2.28. The Morgan fingerprint density at radius 1 is 1.08 bits per heavy atom. The smallest absolute Gasteiger partial charge is 0.303 e. The number of aromatic amines is 1. The Morgan fingerprint density at radius 2 is 1.83 bits per heavy atom. The number of rotatable bonds is 5. The second-order valence-electron chi connectivity index (χ2n) is 5.66. The number of nitrogens with one attached hydrogen (secondary N) is 1. The number of esters is 1. The van der Waals surface area contributed by atoms with Crippen LogP contribution < -0.4 is 0 Å². The molecule has 1 heterocycles. The molecule has 1 aromatic heterocycles. The predicted molar refractivity (Wildman–Crippen MR) is 93.0 cm³/mol. The lowest BCUT2D eigenvalue weighted by molar-refractivity contribution is -0.144. The number of ketones is 1. The van der Waals surface area contributed by atoms with Crippen molar-refractivity contribution in [3.8, 4) is 0 Å². The molecule has 0 aliphatic heterocycles. The van der Waals surface area contributed by atoms with Crippen molar-refractivity contribution in [3.05, 3.63) is 71.4 Å². The topological polar surface area (TPSA) is 59.2 Å². The summed E-state index contributed by atoms with van der Waals surface area (Å²) in [7, 11) is 0. The molecule has 0 spiro atoms. The molecule has 1 unspecified atom stereocenters. The average molecular weight is 321 g/mol. The molecule has 0 bridgehead atoms. The predicted octanol–water partition coefficient (Wildman–Crippen LogP) is 4.22. The third kappa shape index (κ3) is 2.95. The zero-order chi connectivity index (χ0) is 17.1. The van der Waals surface area contributed by atoms with Crippen LogP contribution in [0.1, 0.15) is 41.4 Å². The minimum atomic E-state index is -0.937. The van der Waals surface area contributed by atoms with Gasteiger partial charge in [-0.15, -0.1) is 0 Å². The molecular weight excluding hydrogens is 302 g/mol. The SMILES string of the molecule is CCc1cccc2c(C(=O)C(OC(C)=O)c3ccccc3)c[nH]c12. The summed E-state index contributed by atoms with van der Waals surface area (Å²) in [5.41, 5.74) is 3.31. The van der Waals surface area contributed by atoms with Crippen molar-refractivity contribution in [1.82, 2.24) is 4.98 Å². The van der Waals surface area contributed by atoms with Gasteiger partial charge in [-0.2, -0.15) is 0 Å². The molecule has 24 heavy (non-hydrogen) atoms. The standard InChI is InChI=1S/C20H19NO3/c1-3-14-10-7-11-16-17(12-21-18(14)16)19(23)20(24-13(2)22)15-8-5-4-6-9-15/h4-12,20-21H,3H2,1-2H3. The summed E-state index contributed by atoms with van der Waals surface area (Å²) in [4.78, 5) is 27.7. The van der Waals surface area contributed by atoms with E-state index in [0.717, 1.165) is 22.9 Å². The van der Waals surface area contributed by atoms with Gasteiger partial charge in [0.15, 0.2) is 6.10 Å². The van der Waals surface area contributed by atoms with Crippen molar-refractivity contribution in [2.24, 2.45) is 0 Å². The molecular formula is C20H19NO3. The highest BCUT2D eigenvalue weighted by molar-refractivity contribution is 6.11. The number of para-hydroxylation sites is 1. The van der Waals surface area contributed by atoms with Crippen molar-refractivity contribution in [2.45, 2.75) is 26.4 Å². The third-order valence-corrected chi connectivity index (χ3v) is 4.07. The lowest BCUT2D eigenvalue weighted by Gasteiger charge is -2.16. The molecule has 3 aromatic rings. The molecule has 4 nitrogen and oxygen atoms in total. The van der Waals surface area contributed by atoms with Crippen molar-refractivity contribution >= 4 is 22.7 Å². The maximum absolute atomic E-state index is 13.1. The summed E-state index contributed by atoms with van der Waals surface area (Å²) in [6.07, 6.45) is 1.64. The molecule has 2 aromatic carbocycles. The first-order valence-corrected chi connectivity index (χ1v) is 7.97. The minimum Gasteiger partial charge on any atom is -0.449 e. The number of aromatic nitrogens is 1. The molecule has 0 aliphatic carbocycles. The lowest BCUT2D eigenvalue weighted by atomic mass is 9.98. The second-order valence-corrected chi connectivity index (χ2v) is 5.66. The molecule has 0 radical (unpaired) electrons. The largest absolute Gasteiger partial charge is 0.449 e. The van der Waals surface area contributed by atoms with Crippen LogP contribution in [0.3, 0.4) is 0 Å². The monoisotopic (exact) mass is 321 g/mol. The van der Waals surface area contributed by atoms with Gasteiger partial charge in [-0.3, -0.25) is 9.59 Å². The number of benzene rings is 2. The maximum atomic E-state index is 13.1. The summed E-state index contributed by atoms with van der Waals surface area (Å²) in [5.74, 6) is -0.706. The number of H-pyrrole nitrogens is 1. The summed E-state index contributed by atoms with van der Waals surface area (Å²) in [6.45, 7) is 3.39. The summed E-state index contributed by atoms with van der Waals surface area (Å²) in [5, 5.41) is 0.854. The Kier molecular flexibility index (Phi) is 4.47. The fourth-order valence-electron chi connectivity index (χ4n) is 2.92. The average Bonchev–Trinajstić information content (AvgIpc) is 3.03. The quantitative estimate of drug-likeness (QED) is 0.565. The fraction of sp³-hybridized carbons (Fsp3) is 0.200. The van der Waals surface area contributed by atoms with Gasteiger partial charge in [-0.05, 0) is 12.0 Å². The van der Waals surface area contributed by atoms with Crippen LogP contribution in [0.5, 0.6) is 0 Å². The Balaban J connectivity index is 2.06. The number of fused-ring (bicyclic) bond motifs is 1. The van der Waals surface area contributed by atoms with Crippen molar-refractivity contribution in [1.29, 1.82) is 0 Å². The van der Waals surface area contributed by atoms with Crippen LogP contribution in [0.2, 0.25) is 0 Å². The fourth-order valence-corrected chi connectivity index (χ4v) is 2.92.